The predicted octanol–water partition coefficient (Wildman–Crippen LogP) is 3.58. The summed E-state index contributed by atoms with van der Waals surface area (Å²) in [5.74, 6) is 1.38. The zero-order valence-electron chi connectivity index (χ0n) is 10.5. The SMILES string of the molecule is CC1CCSC2CC3(CCCC3)CCC2N1. The molecule has 3 aliphatic rings. The average Bonchev–Trinajstić information content (AvgIpc) is 2.62. The van der Waals surface area contributed by atoms with E-state index in [0.29, 0.717) is 0 Å². The van der Waals surface area contributed by atoms with Gasteiger partial charge in [-0.25, -0.2) is 0 Å². The van der Waals surface area contributed by atoms with Gasteiger partial charge in [0.2, 0.25) is 0 Å². The van der Waals surface area contributed by atoms with Gasteiger partial charge in [0.1, 0.15) is 0 Å². The first-order valence-electron chi connectivity index (χ1n) is 7.15. The Labute approximate surface area is 104 Å². The highest BCUT2D eigenvalue weighted by molar-refractivity contribution is 7.99. The number of thioether (sulfide) groups is 1. The van der Waals surface area contributed by atoms with Crippen molar-refractivity contribution in [3.8, 4) is 0 Å². The first-order valence-corrected chi connectivity index (χ1v) is 8.20. The molecule has 3 atom stereocenters. The van der Waals surface area contributed by atoms with Crippen molar-refractivity contribution in [3.05, 3.63) is 0 Å². The lowest BCUT2D eigenvalue weighted by Gasteiger charge is -2.42. The average molecular weight is 239 g/mol. The van der Waals surface area contributed by atoms with Crippen LogP contribution in [0.1, 0.15) is 58.3 Å². The van der Waals surface area contributed by atoms with Gasteiger partial charge in [-0.05, 0) is 56.6 Å². The molecule has 0 amide bonds. The second kappa shape index (κ2) is 4.53. The van der Waals surface area contributed by atoms with Crippen molar-refractivity contribution in [2.45, 2.75) is 75.6 Å². The highest BCUT2D eigenvalue weighted by Crippen LogP contribution is 2.51. The molecule has 0 aromatic rings. The van der Waals surface area contributed by atoms with Gasteiger partial charge in [0.15, 0.2) is 0 Å². The van der Waals surface area contributed by atoms with Crippen molar-refractivity contribution >= 4 is 11.8 Å². The van der Waals surface area contributed by atoms with Crippen LogP contribution in [0.5, 0.6) is 0 Å². The normalized spacial score (nSPS) is 42.9. The topological polar surface area (TPSA) is 12.0 Å². The van der Waals surface area contributed by atoms with E-state index in [2.05, 4.69) is 24.0 Å². The molecule has 1 heterocycles. The van der Waals surface area contributed by atoms with E-state index in [0.717, 1.165) is 22.7 Å². The zero-order valence-corrected chi connectivity index (χ0v) is 11.3. The van der Waals surface area contributed by atoms with Crippen molar-refractivity contribution in [1.82, 2.24) is 5.32 Å². The van der Waals surface area contributed by atoms with Crippen LogP contribution >= 0.6 is 11.8 Å². The third-order valence-corrected chi connectivity index (χ3v) is 6.51. The Morgan fingerprint density at radius 1 is 1.12 bits per heavy atom. The maximum atomic E-state index is 3.87. The maximum absolute atomic E-state index is 3.87. The van der Waals surface area contributed by atoms with Crippen molar-refractivity contribution in [2.75, 3.05) is 5.75 Å². The summed E-state index contributed by atoms with van der Waals surface area (Å²) >= 11 is 2.27. The lowest BCUT2D eigenvalue weighted by Crippen LogP contribution is -2.47. The zero-order chi connectivity index (χ0) is 11.0. The molecule has 1 saturated heterocycles. The highest BCUT2D eigenvalue weighted by atomic mass is 32.2. The summed E-state index contributed by atoms with van der Waals surface area (Å²) in [5.41, 5.74) is 0.781. The first kappa shape index (κ1) is 11.4. The fourth-order valence-electron chi connectivity index (χ4n) is 4.11. The molecule has 0 aromatic heterocycles. The summed E-state index contributed by atoms with van der Waals surface area (Å²) in [6, 6.07) is 1.58. The second-order valence-corrected chi connectivity index (χ2v) is 7.67. The first-order chi connectivity index (χ1) is 7.77. The molecule has 1 N–H and O–H groups in total. The summed E-state index contributed by atoms with van der Waals surface area (Å²) in [4.78, 5) is 0. The van der Waals surface area contributed by atoms with Crippen LogP contribution in [0, 0.1) is 5.41 Å². The quantitative estimate of drug-likeness (QED) is 0.693. The molecule has 1 aliphatic heterocycles. The van der Waals surface area contributed by atoms with Crippen LogP contribution < -0.4 is 5.32 Å². The lowest BCUT2D eigenvalue weighted by atomic mass is 9.71. The van der Waals surface area contributed by atoms with Gasteiger partial charge in [-0.1, -0.05) is 12.8 Å². The van der Waals surface area contributed by atoms with E-state index in [1.54, 1.807) is 0 Å². The molecule has 2 heteroatoms. The summed E-state index contributed by atoms with van der Waals surface area (Å²) in [7, 11) is 0. The minimum atomic E-state index is 0.750. The van der Waals surface area contributed by atoms with Crippen LogP contribution in [0.2, 0.25) is 0 Å². The van der Waals surface area contributed by atoms with Crippen LogP contribution in [0.4, 0.5) is 0 Å². The van der Waals surface area contributed by atoms with E-state index in [1.165, 1.54) is 57.1 Å². The fourth-order valence-corrected chi connectivity index (χ4v) is 5.82. The van der Waals surface area contributed by atoms with Gasteiger partial charge in [0.05, 0.1) is 0 Å². The number of fused-ring (bicyclic) bond motifs is 1. The monoisotopic (exact) mass is 239 g/mol. The van der Waals surface area contributed by atoms with Crippen LogP contribution in [0.25, 0.3) is 0 Å². The van der Waals surface area contributed by atoms with Crippen molar-refractivity contribution in [3.63, 3.8) is 0 Å². The molecule has 0 aromatic carbocycles. The van der Waals surface area contributed by atoms with Gasteiger partial charge >= 0.3 is 0 Å². The molecule has 92 valence electrons. The number of hydrogen-bond acceptors (Lipinski definition) is 2. The Hall–Kier alpha value is 0.310. The third-order valence-electron chi connectivity index (χ3n) is 5.11. The van der Waals surface area contributed by atoms with Crippen molar-refractivity contribution in [1.29, 1.82) is 0 Å². The smallest absolute Gasteiger partial charge is 0.0206 e. The van der Waals surface area contributed by atoms with E-state index in [-0.39, 0.29) is 0 Å². The van der Waals surface area contributed by atoms with Gasteiger partial charge in [-0.2, -0.15) is 11.8 Å². The van der Waals surface area contributed by atoms with Gasteiger partial charge in [-0.3, -0.25) is 0 Å². The molecule has 1 spiro atoms. The van der Waals surface area contributed by atoms with Gasteiger partial charge < -0.3 is 5.32 Å². The van der Waals surface area contributed by atoms with E-state index in [1.807, 2.05) is 0 Å². The molecule has 2 saturated carbocycles. The summed E-state index contributed by atoms with van der Waals surface area (Å²) in [6.07, 6.45) is 11.9. The Balaban J connectivity index is 1.69. The minimum absolute atomic E-state index is 0.750. The van der Waals surface area contributed by atoms with Crippen LogP contribution in [-0.2, 0) is 0 Å². The molecule has 3 rings (SSSR count). The van der Waals surface area contributed by atoms with Crippen LogP contribution in [0.3, 0.4) is 0 Å². The summed E-state index contributed by atoms with van der Waals surface area (Å²) in [6.45, 7) is 2.36. The molecule has 16 heavy (non-hydrogen) atoms. The Morgan fingerprint density at radius 2 is 1.94 bits per heavy atom. The van der Waals surface area contributed by atoms with E-state index in [4.69, 9.17) is 0 Å². The lowest BCUT2D eigenvalue weighted by molar-refractivity contribution is 0.171. The van der Waals surface area contributed by atoms with Gasteiger partial charge in [0.25, 0.3) is 0 Å². The fraction of sp³-hybridized carbons (Fsp3) is 1.00. The van der Waals surface area contributed by atoms with Crippen LogP contribution in [0.15, 0.2) is 0 Å². The number of rotatable bonds is 0. The Kier molecular flexibility index (Phi) is 3.23. The van der Waals surface area contributed by atoms with Gasteiger partial charge in [-0.15, -0.1) is 0 Å². The van der Waals surface area contributed by atoms with Gasteiger partial charge in [0, 0.05) is 17.3 Å². The molecule has 0 bridgehead atoms. The molecular formula is C14H25NS. The molecule has 3 unspecified atom stereocenters. The Morgan fingerprint density at radius 3 is 2.75 bits per heavy atom. The van der Waals surface area contributed by atoms with Crippen LogP contribution in [-0.4, -0.2) is 23.1 Å². The third kappa shape index (κ3) is 2.15. The number of hydrogen-bond donors (Lipinski definition) is 1. The molecule has 3 fully saturated rings. The highest BCUT2D eigenvalue weighted by Gasteiger charge is 2.43. The number of nitrogens with one attached hydrogen (secondary N) is 1. The standard InChI is InChI=1S/C14H25NS/c1-11-5-9-16-13-10-14(6-2-3-7-14)8-4-12(13)15-11/h11-13,15H,2-10H2,1H3. The maximum Gasteiger partial charge on any atom is 0.0206 e. The molecule has 2 aliphatic carbocycles. The largest absolute Gasteiger partial charge is 0.310 e. The van der Waals surface area contributed by atoms with Crippen molar-refractivity contribution in [2.24, 2.45) is 5.41 Å². The predicted molar refractivity (Wildman–Crippen MR) is 72.0 cm³/mol. The van der Waals surface area contributed by atoms with E-state index < -0.39 is 0 Å². The summed E-state index contributed by atoms with van der Waals surface area (Å²) in [5, 5.41) is 4.79. The van der Waals surface area contributed by atoms with E-state index >= 15 is 0 Å². The van der Waals surface area contributed by atoms with E-state index in [9.17, 15) is 0 Å². The Bertz CT molecular complexity index is 247. The minimum Gasteiger partial charge on any atom is -0.310 e. The van der Waals surface area contributed by atoms with Crippen molar-refractivity contribution < 1.29 is 0 Å². The summed E-state index contributed by atoms with van der Waals surface area (Å²) < 4.78 is 0. The molecule has 0 radical (unpaired) electrons. The molecular weight excluding hydrogens is 214 g/mol. The molecule has 1 nitrogen and oxygen atoms in total. The second-order valence-electron chi connectivity index (χ2n) is 6.32.